The Morgan fingerprint density at radius 1 is 1.07 bits per heavy atom. The number of carboxylic acid groups (broad SMARTS) is 1. The molecule has 6 heteroatoms. The van der Waals surface area contributed by atoms with E-state index in [1.54, 1.807) is 0 Å². The number of nitrogens with zero attached hydrogens (tertiary/aromatic N) is 1. The van der Waals surface area contributed by atoms with Gasteiger partial charge in [0.1, 0.15) is 24.0 Å². The second-order valence-electron chi connectivity index (χ2n) is 9.00. The molecule has 1 aliphatic heterocycles. The fourth-order valence-corrected chi connectivity index (χ4v) is 4.98. The summed E-state index contributed by atoms with van der Waals surface area (Å²) in [7, 11) is 0. The van der Waals surface area contributed by atoms with E-state index in [-0.39, 0.29) is 17.6 Å². The van der Waals surface area contributed by atoms with Gasteiger partial charge in [0.05, 0.1) is 11.0 Å². The summed E-state index contributed by atoms with van der Waals surface area (Å²) in [4.78, 5) is 13.7. The van der Waals surface area contributed by atoms with Crippen molar-refractivity contribution in [3.63, 3.8) is 0 Å². The number of carboxylic acids is 1. The third-order valence-electron chi connectivity index (χ3n) is 6.71. The van der Waals surface area contributed by atoms with Crippen LogP contribution >= 0.6 is 0 Å². The maximum atomic E-state index is 13.8. The van der Waals surface area contributed by atoms with Crippen LogP contribution in [-0.2, 0) is 24.2 Å². The fraction of sp³-hybridized carbons (Fsp3) is 0.435. The normalized spacial score (nSPS) is 20.9. The molecule has 1 N–H and O–H groups in total. The van der Waals surface area contributed by atoms with Gasteiger partial charge in [-0.3, -0.25) is 4.79 Å². The second-order valence-corrected chi connectivity index (χ2v) is 9.00. The van der Waals surface area contributed by atoms with E-state index in [2.05, 4.69) is 4.90 Å². The molecule has 0 radical (unpaired) electrons. The average Bonchev–Trinajstić information content (AvgIpc) is 3.33. The molecule has 2 aliphatic carbocycles. The number of ether oxygens (including phenoxy) is 1. The minimum atomic E-state index is -0.666. The fourth-order valence-electron chi connectivity index (χ4n) is 4.98. The van der Waals surface area contributed by atoms with Crippen LogP contribution < -0.4 is 4.74 Å². The van der Waals surface area contributed by atoms with Crippen LogP contribution in [0.15, 0.2) is 36.4 Å². The first-order chi connectivity index (χ1) is 13.9. The Morgan fingerprint density at radius 3 is 2.41 bits per heavy atom. The van der Waals surface area contributed by atoms with E-state index >= 15 is 0 Å². The molecule has 0 bridgehead atoms. The summed E-state index contributed by atoms with van der Waals surface area (Å²) in [5.74, 6) is -1.26. The van der Waals surface area contributed by atoms with Crippen molar-refractivity contribution >= 4 is 5.97 Å². The maximum Gasteiger partial charge on any atom is 0.310 e. The molecule has 5 rings (SSSR count). The van der Waals surface area contributed by atoms with E-state index in [9.17, 15) is 18.7 Å². The average molecular weight is 399 g/mol. The predicted octanol–water partition coefficient (Wildman–Crippen LogP) is 3.81. The van der Waals surface area contributed by atoms with Crippen LogP contribution in [0.3, 0.4) is 0 Å². The summed E-state index contributed by atoms with van der Waals surface area (Å²) < 4.78 is 33.2. The lowest BCUT2D eigenvalue weighted by atomic mass is 9.76. The van der Waals surface area contributed by atoms with Crippen molar-refractivity contribution < 1.29 is 23.4 Å². The van der Waals surface area contributed by atoms with Gasteiger partial charge in [0.15, 0.2) is 0 Å². The number of carbonyl (C=O) groups is 1. The number of fused-ring (bicyclic) bond motifs is 1. The van der Waals surface area contributed by atoms with Crippen LogP contribution in [0.2, 0.25) is 0 Å². The van der Waals surface area contributed by atoms with E-state index in [0.29, 0.717) is 12.3 Å². The molecule has 4 nitrogen and oxygen atoms in total. The van der Waals surface area contributed by atoms with Gasteiger partial charge < -0.3 is 14.7 Å². The summed E-state index contributed by atoms with van der Waals surface area (Å²) in [6.45, 7) is 2.36. The Morgan fingerprint density at radius 2 is 1.76 bits per heavy atom. The highest BCUT2D eigenvalue weighted by Gasteiger charge is 2.55. The van der Waals surface area contributed by atoms with Crippen molar-refractivity contribution in [1.29, 1.82) is 0 Å². The summed E-state index contributed by atoms with van der Waals surface area (Å²) in [6, 6.07) is 9.67. The SMILES string of the molecule is O=C(O)C1(CN2CC3(Cc4ccc(OCc5c(F)cccc5F)cc4C3)C2)CC1. The quantitative estimate of drug-likeness (QED) is 0.803. The van der Waals surface area contributed by atoms with Gasteiger partial charge in [-0.2, -0.15) is 0 Å². The highest BCUT2D eigenvalue weighted by molar-refractivity contribution is 5.78. The largest absolute Gasteiger partial charge is 0.489 e. The van der Waals surface area contributed by atoms with E-state index in [0.717, 1.165) is 38.8 Å². The number of benzene rings is 2. The number of aliphatic carboxylic acids is 1. The van der Waals surface area contributed by atoms with Crippen LogP contribution in [0.4, 0.5) is 8.78 Å². The summed E-state index contributed by atoms with van der Waals surface area (Å²) in [6.07, 6.45) is 3.50. The number of hydrogen-bond acceptors (Lipinski definition) is 3. The molecule has 1 saturated heterocycles. The van der Waals surface area contributed by atoms with Crippen LogP contribution in [0, 0.1) is 22.5 Å². The van der Waals surface area contributed by atoms with Gasteiger partial charge in [0, 0.05) is 25.0 Å². The summed E-state index contributed by atoms with van der Waals surface area (Å²) in [5.41, 5.74) is 2.12. The van der Waals surface area contributed by atoms with E-state index < -0.39 is 23.0 Å². The predicted molar refractivity (Wildman–Crippen MR) is 103 cm³/mol. The first-order valence-corrected chi connectivity index (χ1v) is 10.0. The molecule has 0 aromatic heterocycles. The lowest BCUT2D eigenvalue weighted by Crippen LogP contribution is -2.58. The molecule has 1 saturated carbocycles. The third-order valence-corrected chi connectivity index (χ3v) is 6.71. The molecule has 2 fully saturated rings. The van der Waals surface area contributed by atoms with Crippen LogP contribution in [0.1, 0.15) is 29.5 Å². The van der Waals surface area contributed by atoms with E-state index in [4.69, 9.17) is 4.74 Å². The molecule has 0 amide bonds. The molecule has 2 aromatic carbocycles. The smallest absolute Gasteiger partial charge is 0.310 e. The minimum absolute atomic E-state index is 0.0634. The molecule has 29 heavy (non-hydrogen) atoms. The van der Waals surface area contributed by atoms with Crippen LogP contribution in [0.5, 0.6) is 5.75 Å². The van der Waals surface area contributed by atoms with E-state index in [1.807, 2.05) is 18.2 Å². The van der Waals surface area contributed by atoms with Gasteiger partial charge in [0.2, 0.25) is 0 Å². The van der Waals surface area contributed by atoms with Crippen molar-refractivity contribution in [3.8, 4) is 5.75 Å². The summed E-state index contributed by atoms with van der Waals surface area (Å²) >= 11 is 0. The summed E-state index contributed by atoms with van der Waals surface area (Å²) in [5, 5.41) is 9.38. The van der Waals surface area contributed by atoms with Crippen molar-refractivity contribution in [3.05, 3.63) is 64.7 Å². The Balaban J connectivity index is 1.21. The Labute approximate surface area is 168 Å². The van der Waals surface area contributed by atoms with Gasteiger partial charge in [-0.15, -0.1) is 0 Å². The molecule has 0 unspecified atom stereocenters. The first-order valence-electron chi connectivity index (χ1n) is 10.0. The van der Waals surface area contributed by atoms with Crippen molar-refractivity contribution in [1.82, 2.24) is 4.90 Å². The molecular weight excluding hydrogens is 376 g/mol. The van der Waals surface area contributed by atoms with Gasteiger partial charge in [0.25, 0.3) is 0 Å². The molecule has 1 spiro atoms. The number of rotatable bonds is 6. The monoisotopic (exact) mass is 399 g/mol. The number of halogens is 2. The number of hydrogen-bond donors (Lipinski definition) is 1. The molecule has 1 heterocycles. The maximum absolute atomic E-state index is 13.8. The van der Waals surface area contributed by atoms with Gasteiger partial charge in [-0.25, -0.2) is 8.78 Å². The third kappa shape index (κ3) is 3.29. The standard InChI is InChI=1S/C23H23F2NO3/c24-19-2-1-3-20(25)18(19)11-29-17-5-4-15-9-22(10-16(15)8-17)12-26(13-22)14-23(6-7-23)21(27)28/h1-5,8H,6-7,9-14H2,(H,27,28). The Bertz CT molecular complexity index is 960. The lowest BCUT2D eigenvalue weighted by Gasteiger charge is -2.49. The highest BCUT2D eigenvalue weighted by atomic mass is 19.1. The minimum Gasteiger partial charge on any atom is -0.489 e. The first kappa shape index (κ1) is 18.6. The molecular formula is C23H23F2NO3. The topological polar surface area (TPSA) is 49.8 Å². The van der Waals surface area contributed by atoms with Crippen molar-refractivity contribution in [2.45, 2.75) is 32.3 Å². The Kier molecular flexibility index (Phi) is 4.17. The molecule has 2 aromatic rings. The zero-order chi connectivity index (χ0) is 20.2. The zero-order valence-electron chi connectivity index (χ0n) is 16.1. The van der Waals surface area contributed by atoms with Crippen molar-refractivity contribution in [2.24, 2.45) is 10.8 Å². The highest BCUT2D eigenvalue weighted by Crippen LogP contribution is 2.51. The van der Waals surface area contributed by atoms with Crippen LogP contribution in [-0.4, -0.2) is 35.6 Å². The van der Waals surface area contributed by atoms with Gasteiger partial charge in [-0.1, -0.05) is 12.1 Å². The Hall–Kier alpha value is -2.47. The van der Waals surface area contributed by atoms with E-state index in [1.165, 1.54) is 29.3 Å². The van der Waals surface area contributed by atoms with Gasteiger partial charge >= 0.3 is 5.97 Å². The number of likely N-dealkylation sites (tertiary alicyclic amines) is 1. The molecule has 3 aliphatic rings. The zero-order valence-corrected chi connectivity index (χ0v) is 16.1. The van der Waals surface area contributed by atoms with Crippen LogP contribution in [0.25, 0.3) is 0 Å². The van der Waals surface area contributed by atoms with Gasteiger partial charge in [-0.05, 0) is 61.1 Å². The lowest BCUT2D eigenvalue weighted by molar-refractivity contribution is -0.145. The van der Waals surface area contributed by atoms with Crippen molar-refractivity contribution in [2.75, 3.05) is 19.6 Å². The molecule has 152 valence electrons. The second kappa shape index (κ2) is 6.52. The molecule has 0 atom stereocenters.